The number of ether oxygens (including phenoxy) is 1. The molecule has 0 unspecified atom stereocenters. The van der Waals surface area contributed by atoms with Crippen molar-refractivity contribution < 1.29 is 9.53 Å². The van der Waals surface area contributed by atoms with E-state index in [9.17, 15) is 4.79 Å². The summed E-state index contributed by atoms with van der Waals surface area (Å²) in [4.78, 5) is 12.7. The van der Waals surface area contributed by atoms with Gasteiger partial charge in [0.1, 0.15) is 5.75 Å². The summed E-state index contributed by atoms with van der Waals surface area (Å²) in [6.07, 6.45) is 0. The summed E-state index contributed by atoms with van der Waals surface area (Å²) >= 11 is 10.7. The standard InChI is InChI=1S/C13H11BrClNO2S/c14-9-5-12(19-8-9)6-16-13(17)7-18-11-3-1-10(15)2-4-11/h1-5,8H,6-7H2,(H,16,17). The molecule has 6 heteroatoms. The number of hydrogen-bond donors (Lipinski definition) is 1. The van der Waals surface area contributed by atoms with E-state index in [0.717, 1.165) is 9.35 Å². The first-order valence-electron chi connectivity index (χ1n) is 5.51. The van der Waals surface area contributed by atoms with Crippen LogP contribution in [0, 0.1) is 0 Å². The van der Waals surface area contributed by atoms with E-state index in [-0.39, 0.29) is 12.5 Å². The lowest BCUT2D eigenvalue weighted by Crippen LogP contribution is -2.28. The van der Waals surface area contributed by atoms with Crippen LogP contribution in [0.3, 0.4) is 0 Å². The quantitative estimate of drug-likeness (QED) is 0.879. The molecule has 0 atom stereocenters. The van der Waals surface area contributed by atoms with Crippen LogP contribution < -0.4 is 10.1 Å². The molecule has 0 radical (unpaired) electrons. The molecule has 1 amide bonds. The number of carbonyl (C=O) groups is 1. The Labute approximate surface area is 128 Å². The Hall–Kier alpha value is -1.04. The molecule has 0 aliphatic rings. The van der Waals surface area contributed by atoms with Gasteiger partial charge in [0.2, 0.25) is 0 Å². The van der Waals surface area contributed by atoms with Crippen molar-refractivity contribution in [1.82, 2.24) is 5.32 Å². The van der Waals surface area contributed by atoms with Crippen LogP contribution in [-0.4, -0.2) is 12.5 Å². The lowest BCUT2D eigenvalue weighted by atomic mass is 10.3. The van der Waals surface area contributed by atoms with Gasteiger partial charge in [-0.1, -0.05) is 11.6 Å². The molecule has 1 aromatic heterocycles. The second-order valence-electron chi connectivity index (χ2n) is 3.75. The van der Waals surface area contributed by atoms with Crippen molar-refractivity contribution in [3.63, 3.8) is 0 Å². The molecule has 0 saturated carbocycles. The zero-order valence-corrected chi connectivity index (χ0v) is 13.0. The Kier molecular flexibility index (Phi) is 5.24. The summed E-state index contributed by atoms with van der Waals surface area (Å²) < 4.78 is 6.37. The van der Waals surface area contributed by atoms with Crippen LogP contribution in [0.4, 0.5) is 0 Å². The highest BCUT2D eigenvalue weighted by atomic mass is 79.9. The SMILES string of the molecule is O=C(COc1ccc(Cl)cc1)NCc1cc(Br)cs1. The van der Waals surface area contributed by atoms with Crippen LogP contribution >= 0.6 is 38.9 Å². The summed E-state index contributed by atoms with van der Waals surface area (Å²) in [6, 6.07) is 8.87. The predicted molar refractivity (Wildman–Crippen MR) is 80.8 cm³/mol. The fourth-order valence-electron chi connectivity index (χ4n) is 1.36. The predicted octanol–water partition coefficient (Wildman–Crippen LogP) is 3.86. The zero-order chi connectivity index (χ0) is 13.7. The van der Waals surface area contributed by atoms with Crippen molar-refractivity contribution in [3.8, 4) is 5.75 Å². The molecule has 100 valence electrons. The second kappa shape index (κ2) is 6.93. The van der Waals surface area contributed by atoms with Gasteiger partial charge in [0.15, 0.2) is 6.61 Å². The first-order valence-corrected chi connectivity index (χ1v) is 7.56. The molecule has 1 aromatic carbocycles. The zero-order valence-electron chi connectivity index (χ0n) is 9.86. The van der Waals surface area contributed by atoms with Gasteiger partial charge in [-0.25, -0.2) is 0 Å². The number of amides is 1. The molecule has 2 rings (SSSR count). The van der Waals surface area contributed by atoms with Gasteiger partial charge in [-0.3, -0.25) is 4.79 Å². The fourth-order valence-corrected chi connectivity index (χ4v) is 2.88. The average molecular weight is 361 g/mol. The Morgan fingerprint density at radius 3 is 2.74 bits per heavy atom. The molecule has 0 saturated heterocycles. The third kappa shape index (κ3) is 4.86. The van der Waals surface area contributed by atoms with E-state index in [4.69, 9.17) is 16.3 Å². The van der Waals surface area contributed by atoms with Crippen LogP contribution in [-0.2, 0) is 11.3 Å². The molecule has 0 aliphatic carbocycles. The maximum atomic E-state index is 11.6. The van der Waals surface area contributed by atoms with Crippen LogP contribution in [0.5, 0.6) is 5.75 Å². The van der Waals surface area contributed by atoms with Gasteiger partial charge in [0.05, 0.1) is 6.54 Å². The number of benzene rings is 1. The Morgan fingerprint density at radius 1 is 1.37 bits per heavy atom. The summed E-state index contributed by atoms with van der Waals surface area (Å²) in [5.41, 5.74) is 0. The normalized spacial score (nSPS) is 10.2. The van der Waals surface area contributed by atoms with Gasteiger partial charge in [-0.15, -0.1) is 11.3 Å². The number of nitrogens with one attached hydrogen (secondary N) is 1. The Balaban J connectivity index is 1.74. The minimum atomic E-state index is -0.153. The highest BCUT2D eigenvalue weighted by Crippen LogP contribution is 2.19. The minimum Gasteiger partial charge on any atom is -0.484 e. The number of thiophene rings is 1. The van der Waals surface area contributed by atoms with E-state index in [1.807, 2.05) is 11.4 Å². The van der Waals surface area contributed by atoms with Crippen molar-refractivity contribution in [1.29, 1.82) is 0 Å². The van der Waals surface area contributed by atoms with E-state index in [0.29, 0.717) is 17.3 Å². The van der Waals surface area contributed by atoms with Crippen LogP contribution in [0.15, 0.2) is 40.2 Å². The van der Waals surface area contributed by atoms with Crippen LogP contribution in [0.1, 0.15) is 4.88 Å². The highest BCUT2D eigenvalue weighted by molar-refractivity contribution is 9.10. The molecule has 0 aliphatic heterocycles. The van der Waals surface area contributed by atoms with Gasteiger partial charge in [-0.05, 0) is 46.3 Å². The van der Waals surface area contributed by atoms with E-state index in [2.05, 4.69) is 21.2 Å². The van der Waals surface area contributed by atoms with Gasteiger partial charge in [0.25, 0.3) is 5.91 Å². The smallest absolute Gasteiger partial charge is 0.258 e. The third-order valence-corrected chi connectivity index (χ3v) is 4.21. The summed E-state index contributed by atoms with van der Waals surface area (Å²) in [5.74, 6) is 0.470. The maximum absolute atomic E-state index is 11.6. The highest BCUT2D eigenvalue weighted by Gasteiger charge is 2.04. The monoisotopic (exact) mass is 359 g/mol. The van der Waals surface area contributed by atoms with E-state index >= 15 is 0 Å². The van der Waals surface area contributed by atoms with Gasteiger partial charge in [-0.2, -0.15) is 0 Å². The molecule has 1 heterocycles. The molecule has 19 heavy (non-hydrogen) atoms. The van der Waals surface area contributed by atoms with Gasteiger partial charge < -0.3 is 10.1 Å². The Morgan fingerprint density at radius 2 is 2.11 bits per heavy atom. The van der Waals surface area contributed by atoms with E-state index < -0.39 is 0 Å². The molecule has 0 fully saturated rings. The summed E-state index contributed by atoms with van der Waals surface area (Å²) in [5, 5.41) is 5.41. The third-order valence-electron chi connectivity index (χ3n) is 2.27. The molecule has 0 bridgehead atoms. The van der Waals surface area contributed by atoms with E-state index in [1.165, 1.54) is 0 Å². The largest absolute Gasteiger partial charge is 0.484 e. The molecule has 3 nitrogen and oxygen atoms in total. The van der Waals surface area contributed by atoms with Crippen molar-refractivity contribution in [2.24, 2.45) is 0 Å². The number of halogens is 2. The van der Waals surface area contributed by atoms with Crippen LogP contribution in [0.25, 0.3) is 0 Å². The van der Waals surface area contributed by atoms with Crippen molar-refractivity contribution in [2.75, 3.05) is 6.61 Å². The van der Waals surface area contributed by atoms with Crippen molar-refractivity contribution in [2.45, 2.75) is 6.54 Å². The summed E-state index contributed by atoms with van der Waals surface area (Å²) in [7, 11) is 0. The summed E-state index contributed by atoms with van der Waals surface area (Å²) in [6.45, 7) is 0.507. The van der Waals surface area contributed by atoms with Crippen LogP contribution in [0.2, 0.25) is 5.02 Å². The molecule has 1 N–H and O–H groups in total. The maximum Gasteiger partial charge on any atom is 0.258 e. The molecule has 2 aromatic rings. The lowest BCUT2D eigenvalue weighted by molar-refractivity contribution is -0.123. The lowest BCUT2D eigenvalue weighted by Gasteiger charge is -2.06. The molecule has 0 spiro atoms. The number of carbonyl (C=O) groups excluding carboxylic acids is 1. The minimum absolute atomic E-state index is 0.00578. The first-order chi connectivity index (χ1) is 9.13. The van der Waals surface area contributed by atoms with Crippen molar-refractivity contribution in [3.05, 3.63) is 50.1 Å². The fraction of sp³-hybridized carbons (Fsp3) is 0.154. The van der Waals surface area contributed by atoms with E-state index in [1.54, 1.807) is 35.6 Å². The number of rotatable bonds is 5. The van der Waals surface area contributed by atoms with Gasteiger partial charge >= 0.3 is 0 Å². The first kappa shape index (κ1) is 14.4. The van der Waals surface area contributed by atoms with Gasteiger partial charge in [0, 0.05) is 19.8 Å². The second-order valence-corrected chi connectivity index (χ2v) is 6.10. The average Bonchev–Trinajstić information content (AvgIpc) is 2.81. The number of hydrogen-bond acceptors (Lipinski definition) is 3. The van der Waals surface area contributed by atoms with Crippen molar-refractivity contribution >= 4 is 44.8 Å². The molecular formula is C13H11BrClNO2S. The molecular weight excluding hydrogens is 350 g/mol. The topological polar surface area (TPSA) is 38.3 Å². The Bertz CT molecular complexity index is 556.